The highest BCUT2D eigenvalue weighted by molar-refractivity contribution is 5.92. The molecule has 2 aliphatic carbocycles. The number of nitrogens with one attached hydrogen (secondary N) is 1. The van der Waals surface area contributed by atoms with E-state index in [1.54, 1.807) is 6.07 Å². The Morgan fingerprint density at radius 2 is 2.09 bits per heavy atom. The first-order valence-electron chi connectivity index (χ1n) is 14.8. The molecule has 1 aromatic carbocycles. The molecular formula is C33H41FN4O5. The van der Waals surface area contributed by atoms with Gasteiger partial charge >= 0.3 is 0 Å². The Kier molecular flexibility index (Phi) is 10.1. The quantitative estimate of drug-likeness (QED) is 0.345. The molecule has 1 aromatic rings. The Morgan fingerprint density at radius 1 is 1.33 bits per heavy atom. The zero-order valence-electron chi connectivity index (χ0n) is 24.9. The molecular weight excluding hydrogens is 551 g/mol. The van der Waals surface area contributed by atoms with Crippen molar-refractivity contribution in [1.29, 1.82) is 0 Å². The van der Waals surface area contributed by atoms with Crippen LogP contribution in [0, 0.1) is 23.6 Å². The summed E-state index contributed by atoms with van der Waals surface area (Å²) in [4.78, 5) is 44.5. The summed E-state index contributed by atoms with van der Waals surface area (Å²) in [5.74, 6) is 0.849. The van der Waals surface area contributed by atoms with Gasteiger partial charge in [-0.25, -0.2) is 4.39 Å². The molecule has 2 unspecified atom stereocenters. The van der Waals surface area contributed by atoms with Gasteiger partial charge in [0.25, 0.3) is 0 Å². The maximum atomic E-state index is 14.6. The minimum atomic E-state index is -1.28. The first-order valence-corrected chi connectivity index (χ1v) is 14.8. The second kappa shape index (κ2) is 13.6. The number of benzene rings is 1. The molecule has 1 heterocycles. The number of hydrogen-bond donors (Lipinski definition) is 3. The number of likely N-dealkylation sites (N-methyl/N-ethyl adjacent to an activating group) is 1. The lowest BCUT2D eigenvalue weighted by Crippen LogP contribution is -2.55. The van der Waals surface area contributed by atoms with Gasteiger partial charge in [-0.05, 0) is 62.6 Å². The summed E-state index contributed by atoms with van der Waals surface area (Å²) >= 11 is 0. The van der Waals surface area contributed by atoms with Gasteiger partial charge in [0.1, 0.15) is 23.7 Å². The molecule has 10 heteroatoms. The number of aliphatic hydroxyl groups is 1. The second-order valence-corrected chi connectivity index (χ2v) is 12.1. The summed E-state index contributed by atoms with van der Waals surface area (Å²) in [6.07, 6.45) is 15.7. The Hall–Kier alpha value is -3.97. The lowest BCUT2D eigenvalue weighted by Gasteiger charge is -2.35. The van der Waals surface area contributed by atoms with E-state index in [0.717, 1.165) is 18.4 Å². The van der Waals surface area contributed by atoms with E-state index in [1.165, 1.54) is 30.3 Å². The molecule has 2 bridgehead atoms. The fraction of sp³-hybridized carbons (Fsp3) is 0.515. The number of hydrogen-bond acceptors (Lipinski definition) is 6. The van der Waals surface area contributed by atoms with E-state index in [0.29, 0.717) is 43.6 Å². The number of amides is 3. The molecule has 3 aliphatic rings. The average molecular weight is 593 g/mol. The van der Waals surface area contributed by atoms with Gasteiger partial charge in [0, 0.05) is 36.7 Å². The maximum absolute atomic E-state index is 14.6. The number of allylic oxidation sites excluding steroid dienone is 3. The van der Waals surface area contributed by atoms with Gasteiger partial charge in [0.05, 0.1) is 24.6 Å². The number of aliphatic hydroxyl groups excluding tert-OH is 1. The predicted octanol–water partition coefficient (Wildman–Crippen LogP) is 3.00. The topological polar surface area (TPSA) is 134 Å². The van der Waals surface area contributed by atoms with Gasteiger partial charge < -0.3 is 25.8 Å². The van der Waals surface area contributed by atoms with Crippen molar-refractivity contribution in [2.45, 2.75) is 88.4 Å². The van der Waals surface area contributed by atoms with Crippen molar-refractivity contribution in [2.24, 2.45) is 16.1 Å². The van der Waals surface area contributed by atoms with Gasteiger partial charge in [0.15, 0.2) is 0 Å². The largest absolute Gasteiger partial charge is 0.493 e. The molecule has 1 saturated carbocycles. The van der Waals surface area contributed by atoms with Crippen LogP contribution in [0.3, 0.4) is 0 Å². The van der Waals surface area contributed by atoms with Crippen molar-refractivity contribution in [2.75, 3.05) is 13.7 Å². The summed E-state index contributed by atoms with van der Waals surface area (Å²) < 4.78 is 20.4. The molecule has 4 N–H and O–H groups in total. The van der Waals surface area contributed by atoms with Gasteiger partial charge in [0.2, 0.25) is 17.7 Å². The van der Waals surface area contributed by atoms with Crippen LogP contribution in [0.15, 0.2) is 47.0 Å². The number of ether oxygens (including phenoxy) is 1. The van der Waals surface area contributed by atoms with Gasteiger partial charge in [-0.2, -0.15) is 0 Å². The third kappa shape index (κ3) is 7.90. The van der Waals surface area contributed by atoms with Crippen molar-refractivity contribution in [1.82, 2.24) is 10.2 Å². The normalized spacial score (nSPS) is 27.0. The molecule has 43 heavy (non-hydrogen) atoms. The number of fused-ring (bicyclic) bond motifs is 2. The molecule has 1 fully saturated rings. The summed E-state index contributed by atoms with van der Waals surface area (Å²) in [6, 6.07) is 2.14. The number of carbonyl (C=O) groups excluding carboxylic acids is 3. The Labute approximate surface area is 252 Å². The van der Waals surface area contributed by atoms with E-state index in [1.807, 2.05) is 12.2 Å². The summed E-state index contributed by atoms with van der Waals surface area (Å²) in [7, 11) is 1.46. The zero-order chi connectivity index (χ0) is 31.2. The maximum Gasteiger partial charge on any atom is 0.243 e. The van der Waals surface area contributed by atoms with Crippen molar-refractivity contribution in [3.8, 4) is 18.1 Å². The lowest BCUT2D eigenvalue weighted by molar-refractivity contribution is -0.141. The molecule has 230 valence electrons. The highest BCUT2D eigenvalue weighted by Gasteiger charge is 2.56. The molecule has 0 spiro atoms. The third-order valence-corrected chi connectivity index (χ3v) is 8.75. The van der Waals surface area contributed by atoms with Crippen LogP contribution in [0.4, 0.5) is 4.39 Å². The molecule has 0 aromatic heterocycles. The minimum Gasteiger partial charge on any atom is -0.493 e. The van der Waals surface area contributed by atoms with Crippen molar-refractivity contribution in [3.05, 3.63) is 53.4 Å². The first-order chi connectivity index (χ1) is 20.4. The van der Waals surface area contributed by atoms with Crippen LogP contribution in [0.2, 0.25) is 0 Å². The molecule has 0 saturated heterocycles. The van der Waals surface area contributed by atoms with Gasteiger partial charge in [-0.3, -0.25) is 19.4 Å². The van der Waals surface area contributed by atoms with Crippen LogP contribution < -0.4 is 15.8 Å². The number of aliphatic imine (C=N–C) groups is 1. The van der Waals surface area contributed by atoms with Crippen LogP contribution in [0.25, 0.3) is 0 Å². The number of rotatable bonds is 6. The SMILES string of the molecule is C#CC1=CC=CC(C)(C2(N=C[C@@H](O)[C@@H]3Cc4cc(F)cc(c4)OCCCCCC(=O)N(C)C(CC(N)=O)C(=O)N3)CC2)C1. The number of primary amides is 1. The monoisotopic (exact) mass is 592 g/mol. The smallest absolute Gasteiger partial charge is 0.243 e. The third-order valence-electron chi connectivity index (χ3n) is 8.75. The highest BCUT2D eigenvalue weighted by atomic mass is 19.1. The van der Waals surface area contributed by atoms with E-state index < -0.39 is 41.4 Å². The molecule has 4 atom stereocenters. The first kappa shape index (κ1) is 32.0. The van der Waals surface area contributed by atoms with E-state index in [4.69, 9.17) is 21.9 Å². The molecule has 1 aliphatic heterocycles. The fourth-order valence-electron chi connectivity index (χ4n) is 5.90. The minimum absolute atomic E-state index is 0.0299. The number of nitrogens with two attached hydrogens (primary N) is 1. The zero-order valence-corrected chi connectivity index (χ0v) is 24.9. The predicted molar refractivity (Wildman–Crippen MR) is 162 cm³/mol. The Balaban J connectivity index is 1.64. The van der Waals surface area contributed by atoms with Gasteiger partial charge in [-0.15, -0.1) is 6.42 Å². The van der Waals surface area contributed by atoms with Crippen molar-refractivity contribution in [3.63, 3.8) is 0 Å². The van der Waals surface area contributed by atoms with E-state index in [9.17, 15) is 23.9 Å². The van der Waals surface area contributed by atoms with Crippen LogP contribution in [-0.4, -0.2) is 71.3 Å². The summed E-state index contributed by atoms with van der Waals surface area (Å²) in [6.45, 7) is 2.44. The molecule has 9 nitrogen and oxygen atoms in total. The number of terminal acetylenes is 1. The number of carbonyl (C=O) groups is 3. The van der Waals surface area contributed by atoms with Crippen LogP contribution in [0.1, 0.15) is 63.9 Å². The van der Waals surface area contributed by atoms with Crippen LogP contribution >= 0.6 is 0 Å². The molecule has 0 radical (unpaired) electrons. The standard InChI is InChI=1S/C33H41FN4O5/c1-4-22-9-8-11-32(2,20-22)33(12-13-33)36-21-28(39)26-17-23-15-24(34)18-25(16-23)43-14-7-5-6-10-30(41)38(3)27(19-29(35)40)31(42)37-26/h1,8-9,11,15-16,18,21,26-28,39H,5-7,10,12-14,17,19-20H2,2-3H3,(H2,35,40)(H,37,42)/t26-,27?,28+,32?/m0/s1. The number of nitrogens with zero attached hydrogens (tertiary/aromatic N) is 2. The Bertz CT molecular complexity index is 1360. The summed E-state index contributed by atoms with van der Waals surface area (Å²) in [5.41, 5.74) is 6.02. The lowest BCUT2D eigenvalue weighted by atomic mass is 9.72. The Morgan fingerprint density at radius 3 is 2.79 bits per heavy atom. The highest BCUT2D eigenvalue weighted by Crippen LogP contribution is 2.57. The summed E-state index contributed by atoms with van der Waals surface area (Å²) in [5, 5.41) is 14.2. The number of halogens is 1. The second-order valence-electron chi connectivity index (χ2n) is 12.1. The van der Waals surface area contributed by atoms with E-state index >= 15 is 0 Å². The molecule has 3 amide bonds. The average Bonchev–Trinajstić information content (AvgIpc) is 3.76. The van der Waals surface area contributed by atoms with Crippen LogP contribution in [0.5, 0.6) is 5.75 Å². The fourth-order valence-corrected chi connectivity index (χ4v) is 5.90. The van der Waals surface area contributed by atoms with Crippen molar-refractivity contribution >= 4 is 23.9 Å². The molecule has 4 rings (SSSR count). The van der Waals surface area contributed by atoms with Crippen LogP contribution in [-0.2, 0) is 20.8 Å². The van der Waals surface area contributed by atoms with Crippen molar-refractivity contribution < 1.29 is 28.6 Å². The van der Waals surface area contributed by atoms with Gasteiger partial charge in [-0.1, -0.05) is 31.1 Å². The van der Waals surface area contributed by atoms with E-state index in [2.05, 4.69) is 24.2 Å². The van der Waals surface area contributed by atoms with E-state index in [-0.39, 0.29) is 30.6 Å².